The maximum Gasteiger partial charge on any atom is 0.151 e. The zero-order chi connectivity index (χ0) is 11.4. The first kappa shape index (κ1) is 11.9. The highest BCUT2D eigenvalue weighted by atomic mass is 35.5. The lowest BCUT2D eigenvalue weighted by Gasteiger charge is -1.98. The second kappa shape index (κ2) is 5.67. The van der Waals surface area contributed by atoms with Gasteiger partial charge in [-0.15, -0.1) is 20.4 Å². The Labute approximate surface area is 110 Å². The summed E-state index contributed by atoms with van der Waals surface area (Å²) in [6.07, 6.45) is 0. The van der Waals surface area contributed by atoms with E-state index in [0.717, 1.165) is 10.1 Å². The average molecular weight is 291 g/mol. The molecule has 16 heavy (non-hydrogen) atoms. The predicted octanol–water partition coefficient (Wildman–Crippen LogP) is 3.37. The molecule has 0 bridgehead atoms. The molecular formula is C8H4Cl2N4S2. The second-order valence-electron chi connectivity index (χ2n) is 2.56. The third-order valence-electron chi connectivity index (χ3n) is 1.43. The predicted molar refractivity (Wildman–Crippen MR) is 65.8 cm³/mol. The lowest BCUT2D eigenvalue weighted by atomic mass is 10.6. The van der Waals surface area contributed by atoms with Crippen molar-refractivity contribution < 1.29 is 0 Å². The van der Waals surface area contributed by atoms with Crippen LogP contribution in [-0.4, -0.2) is 20.4 Å². The highest BCUT2D eigenvalue weighted by Crippen LogP contribution is 2.34. The summed E-state index contributed by atoms with van der Waals surface area (Å²) in [6, 6.07) is 6.95. The number of nitrogens with zero attached hydrogens (tertiary/aromatic N) is 4. The number of hydrogen-bond donors (Lipinski definition) is 0. The van der Waals surface area contributed by atoms with E-state index < -0.39 is 0 Å². The maximum atomic E-state index is 5.62. The fourth-order valence-corrected chi connectivity index (χ4v) is 2.60. The van der Waals surface area contributed by atoms with Crippen LogP contribution in [0.4, 0.5) is 0 Å². The molecule has 0 saturated carbocycles. The van der Waals surface area contributed by atoms with Gasteiger partial charge in [-0.1, -0.05) is 23.2 Å². The van der Waals surface area contributed by atoms with E-state index in [4.69, 9.17) is 23.2 Å². The van der Waals surface area contributed by atoms with Crippen LogP contribution in [0.1, 0.15) is 0 Å². The van der Waals surface area contributed by atoms with Crippen LogP contribution >= 0.6 is 44.8 Å². The van der Waals surface area contributed by atoms with E-state index in [2.05, 4.69) is 20.4 Å². The van der Waals surface area contributed by atoms with Gasteiger partial charge in [-0.25, -0.2) is 0 Å². The molecular weight excluding hydrogens is 287 g/mol. The number of hydrogen-bond acceptors (Lipinski definition) is 6. The molecule has 82 valence electrons. The summed E-state index contributed by atoms with van der Waals surface area (Å²) in [5.74, 6) is 0. The molecule has 0 atom stereocenters. The van der Waals surface area contributed by atoms with Crippen LogP contribution in [0.2, 0.25) is 10.3 Å². The molecule has 0 aliphatic heterocycles. The first-order valence-corrected chi connectivity index (χ1v) is 6.97. The summed E-state index contributed by atoms with van der Waals surface area (Å²) in [5, 5.41) is 17.5. The van der Waals surface area contributed by atoms with E-state index in [1.54, 1.807) is 24.3 Å². The molecule has 0 N–H and O–H groups in total. The van der Waals surface area contributed by atoms with Crippen molar-refractivity contribution in [2.24, 2.45) is 0 Å². The monoisotopic (exact) mass is 290 g/mol. The number of halogens is 2. The van der Waals surface area contributed by atoms with Gasteiger partial charge in [0.2, 0.25) is 0 Å². The van der Waals surface area contributed by atoms with Gasteiger partial charge in [-0.2, -0.15) is 0 Å². The molecule has 0 spiro atoms. The van der Waals surface area contributed by atoms with Crippen LogP contribution in [0.15, 0.2) is 34.3 Å². The minimum atomic E-state index is 0.376. The molecule has 0 amide bonds. The minimum absolute atomic E-state index is 0.376. The van der Waals surface area contributed by atoms with E-state index in [1.165, 1.54) is 21.6 Å². The highest BCUT2D eigenvalue weighted by molar-refractivity contribution is 8.76. The molecule has 0 unspecified atom stereocenters. The van der Waals surface area contributed by atoms with Crippen molar-refractivity contribution >= 4 is 44.8 Å². The summed E-state index contributed by atoms with van der Waals surface area (Å²) in [4.78, 5) is 0. The topological polar surface area (TPSA) is 51.6 Å². The van der Waals surface area contributed by atoms with Gasteiger partial charge in [0.05, 0.1) is 0 Å². The van der Waals surface area contributed by atoms with E-state index in [9.17, 15) is 0 Å². The molecule has 0 aromatic carbocycles. The van der Waals surface area contributed by atoms with Crippen LogP contribution in [0.25, 0.3) is 0 Å². The Balaban J connectivity index is 1.97. The molecule has 8 heteroatoms. The smallest absolute Gasteiger partial charge is 0.142 e. The molecule has 2 heterocycles. The van der Waals surface area contributed by atoms with Gasteiger partial charge in [0.25, 0.3) is 0 Å². The third-order valence-corrected chi connectivity index (χ3v) is 3.97. The van der Waals surface area contributed by atoms with E-state index >= 15 is 0 Å². The van der Waals surface area contributed by atoms with E-state index in [-0.39, 0.29) is 0 Å². The molecule has 0 aliphatic carbocycles. The molecule has 2 aromatic heterocycles. The van der Waals surface area contributed by atoms with Gasteiger partial charge in [0.1, 0.15) is 10.1 Å². The van der Waals surface area contributed by atoms with Crippen molar-refractivity contribution in [1.82, 2.24) is 20.4 Å². The third kappa shape index (κ3) is 3.48. The van der Waals surface area contributed by atoms with Crippen molar-refractivity contribution in [1.29, 1.82) is 0 Å². The van der Waals surface area contributed by atoms with Crippen molar-refractivity contribution in [3.63, 3.8) is 0 Å². The summed E-state index contributed by atoms with van der Waals surface area (Å²) in [6.45, 7) is 0. The van der Waals surface area contributed by atoms with Gasteiger partial charge < -0.3 is 0 Å². The van der Waals surface area contributed by atoms with Crippen molar-refractivity contribution in [3.8, 4) is 0 Å². The lowest BCUT2D eigenvalue weighted by Crippen LogP contribution is -1.85. The molecule has 2 aromatic rings. The Hall–Kier alpha value is -0.560. The number of aromatic nitrogens is 4. The zero-order valence-electron chi connectivity index (χ0n) is 7.67. The summed E-state index contributed by atoms with van der Waals surface area (Å²) in [5.41, 5.74) is 0. The van der Waals surface area contributed by atoms with Crippen LogP contribution < -0.4 is 0 Å². The first-order chi connectivity index (χ1) is 7.74. The Morgan fingerprint density at radius 1 is 0.688 bits per heavy atom. The van der Waals surface area contributed by atoms with Gasteiger partial charge >= 0.3 is 0 Å². The van der Waals surface area contributed by atoms with E-state index in [1.807, 2.05) is 0 Å². The van der Waals surface area contributed by atoms with Gasteiger partial charge in [-0.3, -0.25) is 0 Å². The Morgan fingerprint density at radius 3 is 1.44 bits per heavy atom. The minimum Gasteiger partial charge on any atom is -0.142 e. The molecule has 0 fully saturated rings. The van der Waals surface area contributed by atoms with Crippen LogP contribution in [0.3, 0.4) is 0 Å². The van der Waals surface area contributed by atoms with Crippen molar-refractivity contribution in [2.45, 2.75) is 10.1 Å². The standard InChI is InChI=1S/C8H4Cl2N4S2/c9-5-1-3-7(13-11-5)15-16-8-4-2-6(10)12-14-8/h1-4H. The quantitative estimate of drug-likeness (QED) is 0.808. The molecule has 2 rings (SSSR count). The summed E-state index contributed by atoms with van der Waals surface area (Å²) < 4.78 is 0. The fourth-order valence-electron chi connectivity index (χ4n) is 0.782. The number of rotatable bonds is 3. The average Bonchev–Trinajstić information content (AvgIpc) is 2.30. The highest BCUT2D eigenvalue weighted by Gasteiger charge is 2.01. The van der Waals surface area contributed by atoms with Crippen LogP contribution in [0, 0.1) is 0 Å². The van der Waals surface area contributed by atoms with Crippen LogP contribution in [-0.2, 0) is 0 Å². The van der Waals surface area contributed by atoms with Crippen molar-refractivity contribution in [3.05, 3.63) is 34.6 Å². The molecule has 4 nitrogen and oxygen atoms in total. The SMILES string of the molecule is Clc1ccc(SSc2ccc(Cl)nn2)nn1. The normalized spacial score (nSPS) is 10.4. The summed E-state index contributed by atoms with van der Waals surface area (Å²) in [7, 11) is 2.85. The first-order valence-electron chi connectivity index (χ1n) is 4.07. The Morgan fingerprint density at radius 2 is 1.12 bits per heavy atom. The molecule has 0 radical (unpaired) electrons. The van der Waals surface area contributed by atoms with Crippen molar-refractivity contribution in [2.75, 3.05) is 0 Å². The Bertz CT molecular complexity index is 417. The zero-order valence-corrected chi connectivity index (χ0v) is 10.8. The maximum absolute atomic E-state index is 5.62. The second-order valence-corrected chi connectivity index (χ2v) is 5.50. The molecule has 0 aliphatic rings. The van der Waals surface area contributed by atoms with Gasteiger partial charge in [0, 0.05) is 0 Å². The largest absolute Gasteiger partial charge is 0.151 e. The summed E-state index contributed by atoms with van der Waals surface area (Å²) >= 11 is 11.2. The lowest BCUT2D eigenvalue weighted by molar-refractivity contribution is 0.929. The van der Waals surface area contributed by atoms with Gasteiger partial charge in [-0.05, 0) is 45.9 Å². The van der Waals surface area contributed by atoms with Crippen LogP contribution in [0.5, 0.6) is 0 Å². The van der Waals surface area contributed by atoms with E-state index in [0.29, 0.717) is 10.3 Å². The molecule has 0 saturated heterocycles. The van der Waals surface area contributed by atoms with Gasteiger partial charge in [0.15, 0.2) is 10.3 Å². The fraction of sp³-hybridized carbons (Fsp3) is 0. The Kier molecular flexibility index (Phi) is 4.22.